The molecular formula is C18H26N2O2. The first kappa shape index (κ1) is 16.5. The fourth-order valence-corrected chi connectivity index (χ4v) is 2.85. The van der Waals surface area contributed by atoms with Crippen LogP contribution >= 0.6 is 0 Å². The number of piperidine rings is 1. The number of rotatable bonds is 4. The van der Waals surface area contributed by atoms with Crippen LogP contribution in [-0.4, -0.2) is 36.3 Å². The highest BCUT2D eigenvalue weighted by molar-refractivity contribution is 5.95. The standard InChI is InChI=1S/C18H26N2O2/c1-13(2)17(21)19-11-15-8-6-10-20(12-15)18(22)16-9-5-4-7-14(16)3/h4-5,7,9,13,15H,6,8,10-12H2,1-3H3,(H,19,21). The van der Waals surface area contributed by atoms with E-state index in [4.69, 9.17) is 0 Å². The smallest absolute Gasteiger partial charge is 0.254 e. The molecule has 2 rings (SSSR count). The van der Waals surface area contributed by atoms with Crippen molar-refractivity contribution in [2.45, 2.75) is 33.6 Å². The maximum atomic E-state index is 12.7. The minimum Gasteiger partial charge on any atom is -0.356 e. The summed E-state index contributed by atoms with van der Waals surface area (Å²) in [5, 5.41) is 2.99. The lowest BCUT2D eigenvalue weighted by molar-refractivity contribution is -0.124. The molecule has 4 heteroatoms. The van der Waals surface area contributed by atoms with Crippen LogP contribution in [0.2, 0.25) is 0 Å². The van der Waals surface area contributed by atoms with Crippen molar-refractivity contribution >= 4 is 11.8 Å². The van der Waals surface area contributed by atoms with Crippen LogP contribution in [0.1, 0.15) is 42.6 Å². The molecule has 22 heavy (non-hydrogen) atoms. The minimum atomic E-state index is 0.00768. The first-order valence-corrected chi connectivity index (χ1v) is 8.11. The van der Waals surface area contributed by atoms with Crippen LogP contribution in [0.25, 0.3) is 0 Å². The van der Waals surface area contributed by atoms with Crippen LogP contribution in [0.15, 0.2) is 24.3 Å². The van der Waals surface area contributed by atoms with Gasteiger partial charge in [0, 0.05) is 31.1 Å². The van der Waals surface area contributed by atoms with Gasteiger partial charge in [0.2, 0.25) is 5.91 Å². The number of nitrogens with one attached hydrogen (secondary N) is 1. The van der Waals surface area contributed by atoms with E-state index < -0.39 is 0 Å². The van der Waals surface area contributed by atoms with E-state index in [-0.39, 0.29) is 17.7 Å². The van der Waals surface area contributed by atoms with Crippen molar-refractivity contribution in [3.63, 3.8) is 0 Å². The molecule has 1 saturated heterocycles. The molecule has 1 aromatic rings. The quantitative estimate of drug-likeness (QED) is 0.929. The lowest BCUT2D eigenvalue weighted by Gasteiger charge is -2.33. The molecule has 0 spiro atoms. The summed E-state index contributed by atoms with van der Waals surface area (Å²) in [6, 6.07) is 7.72. The van der Waals surface area contributed by atoms with Crippen LogP contribution in [0.4, 0.5) is 0 Å². The van der Waals surface area contributed by atoms with Gasteiger partial charge in [-0.2, -0.15) is 0 Å². The van der Waals surface area contributed by atoms with E-state index in [9.17, 15) is 9.59 Å². The number of hydrogen-bond donors (Lipinski definition) is 1. The van der Waals surface area contributed by atoms with Crippen LogP contribution in [0.3, 0.4) is 0 Å². The van der Waals surface area contributed by atoms with Crippen molar-refractivity contribution < 1.29 is 9.59 Å². The van der Waals surface area contributed by atoms with E-state index in [1.807, 2.05) is 49.9 Å². The SMILES string of the molecule is Cc1ccccc1C(=O)N1CCCC(CNC(=O)C(C)C)C1. The number of carbonyl (C=O) groups is 2. The minimum absolute atomic E-state index is 0.00768. The number of aryl methyl sites for hydroxylation is 1. The summed E-state index contributed by atoms with van der Waals surface area (Å²) in [5.41, 5.74) is 1.80. The van der Waals surface area contributed by atoms with Gasteiger partial charge in [-0.25, -0.2) is 0 Å². The average Bonchev–Trinajstić information content (AvgIpc) is 2.52. The van der Waals surface area contributed by atoms with Gasteiger partial charge < -0.3 is 10.2 Å². The second-order valence-electron chi connectivity index (χ2n) is 6.47. The number of amides is 2. The zero-order chi connectivity index (χ0) is 16.1. The normalized spacial score (nSPS) is 18.4. The first-order chi connectivity index (χ1) is 10.5. The van der Waals surface area contributed by atoms with Gasteiger partial charge in [0.15, 0.2) is 0 Å². The highest BCUT2D eigenvalue weighted by atomic mass is 16.2. The first-order valence-electron chi connectivity index (χ1n) is 8.11. The molecule has 4 nitrogen and oxygen atoms in total. The Balaban J connectivity index is 1.94. The summed E-state index contributed by atoms with van der Waals surface area (Å²) < 4.78 is 0. The number of hydrogen-bond acceptors (Lipinski definition) is 2. The highest BCUT2D eigenvalue weighted by Crippen LogP contribution is 2.19. The van der Waals surface area contributed by atoms with E-state index in [1.54, 1.807) is 0 Å². The molecule has 0 aromatic heterocycles. The maximum absolute atomic E-state index is 12.7. The summed E-state index contributed by atoms with van der Waals surface area (Å²) in [6.45, 7) is 7.95. The molecule has 1 aromatic carbocycles. The zero-order valence-corrected chi connectivity index (χ0v) is 13.8. The summed E-state index contributed by atoms with van der Waals surface area (Å²) in [4.78, 5) is 26.3. The summed E-state index contributed by atoms with van der Waals surface area (Å²) >= 11 is 0. The van der Waals surface area contributed by atoms with Gasteiger partial charge >= 0.3 is 0 Å². The predicted octanol–water partition coefficient (Wildman–Crippen LogP) is 2.62. The van der Waals surface area contributed by atoms with Gasteiger partial charge in [0.1, 0.15) is 0 Å². The van der Waals surface area contributed by atoms with Gasteiger partial charge in [0.25, 0.3) is 5.91 Å². The predicted molar refractivity (Wildman–Crippen MR) is 87.7 cm³/mol. The average molecular weight is 302 g/mol. The summed E-state index contributed by atoms with van der Waals surface area (Å²) in [5.74, 6) is 0.554. The Kier molecular flexibility index (Phi) is 5.58. The van der Waals surface area contributed by atoms with E-state index in [0.717, 1.165) is 37.1 Å². The second-order valence-corrected chi connectivity index (χ2v) is 6.47. The lowest BCUT2D eigenvalue weighted by Crippen LogP contribution is -2.44. The Hall–Kier alpha value is -1.84. The van der Waals surface area contributed by atoms with Crippen LogP contribution < -0.4 is 5.32 Å². The van der Waals surface area contributed by atoms with Gasteiger partial charge in [-0.15, -0.1) is 0 Å². The van der Waals surface area contributed by atoms with Crippen molar-refractivity contribution in [3.8, 4) is 0 Å². The molecule has 1 unspecified atom stereocenters. The van der Waals surface area contributed by atoms with E-state index in [2.05, 4.69) is 5.32 Å². The van der Waals surface area contributed by atoms with Gasteiger partial charge in [-0.05, 0) is 37.3 Å². The fraction of sp³-hybridized carbons (Fsp3) is 0.556. The van der Waals surface area contributed by atoms with Gasteiger partial charge in [0.05, 0.1) is 0 Å². The third-order valence-corrected chi connectivity index (χ3v) is 4.27. The van der Waals surface area contributed by atoms with Crippen LogP contribution in [0.5, 0.6) is 0 Å². The molecule has 0 radical (unpaired) electrons. The summed E-state index contributed by atoms with van der Waals surface area (Å²) in [7, 11) is 0. The Labute approximate surface area is 132 Å². The molecule has 1 N–H and O–H groups in total. The Bertz CT molecular complexity index is 540. The number of nitrogens with zero attached hydrogens (tertiary/aromatic N) is 1. The Morgan fingerprint density at radius 2 is 2.05 bits per heavy atom. The molecule has 1 fully saturated rings. The van der Waals surface area contributed by atoms with Crippen LogP contribution in [0, 0.1) is 18.8 Å². The third-order valence-electron chi connectivity index (χ3n) is 4.27. The Morgan fingerprint density at radius 1 is 1.32 bits per heavy atom. The monoisotopic (exact) mass is 302 g/mol. The molecule has 1 aliphatic heterocycles. The lowest BCUT2D eigenvalue weighted by atomic mass is 9.96. The van der Waals surface area contributed by atoms with Crippen molar-refractivity contribution in [1.29, 1.82) is 0 Å². The van der Waals surface area contributed by atoms with Gasteiger partial charge in [-0.1, -0.05) is 32.0 Å². The molecular weight excluding hydrogens is 276 g/mol. The van der Waals surface area contributed by atoms with Crippen LogP contribution in [-0.2, 0) is 4.79 Å². The van der Waals surface area contributed by atoms with E-state index >= 15 is 0 Å². The van der Waals surface area contributed by atoms with Crippen molar-refractivity contribution in [3.05, 3.63) is 35.4 Å². The molecule has 0 saturated carbocycles. The molecule has 1 aliphatic rings. The third kappa shape index (κ3) is 4.09. The van der Waals surface area contributed by atoms with Crippen molar-refractivity contribution in [2.75, 3.05) is 19.6 Å². The van der Waals surface area contributed by atoms with Crippen molar-refractivity contribution in [1.82, 2.24) is 10.2 Å². The second kappa shape index (κ2) is 7.43. The largest absolute Gasteiger partial charge is 0.356 e. The fourth-order valence-electron chi connectivity index (χ4n) is 2.85. The molecule has 2 amide bonds. The topological polar surface area (TPSA) is 49.4 Å². The van der Waals surface area contributed by atoms with Crippen molar-refractivity contribution in [2.24, 2.45) is 11.8 Å². The Morgan fingerprint density at radius 3 is 2.73 bits per heavy atom. The number of carbonyl (C=O) groups excluding carboxylic acids is 2. The molecule has 120 valence electrons. The number of benzene rings is 1. The van der Waals surface area contributed by atoms with E-state index in [1.165, 1.54) is 0 Å². The molecule has 1 heterocycles. The maximum Gasteiger partial charge on any atom is 0.254 e. The zero-order valence-electron chi connectivity index (χ0n) is 13.8. The summed E-state index contributed by atoms with van der Waals surface area (Å²) in [6.07, 6.45) is 2.07. The van der Waals surface area contributed by atoms with Gasteiger partial charge in [-0.3, -0.25) is 9.59 Å². The molecule has 1 atom stereocenters. The molecule has 0 aliphatic carbocycles. The molecule has 0 bridgehead atoms. The highest BCUT2D eigenvalue weighted by Gasteiger charge is 2.25. The number of likely N-dealkylation sites (tertiary alicyclic amines) is 1. The van der Waals surface area contributed by atoms with E-state index in [0.29, 0.717) is 12.5 Å².